The smallest absolute Gasteiger partial charge is 0.145 e. The molecule has 0 aliphatic carbocycles. The molecule has 2 heterocycles. The zero-order valence-electron chi connectivity index (χ0n) is 11.8. The van der Waals surface area contributed by atoms with E-state index in [1.807, 2.05) is 41.1 Å². The first-order chi connectivity index (χ1) is 10.8. The number of hydrogen-bond donors (Lipinski definition) is 2. The van der Waals surface area contributed by atoms with Crippen LogP contribution in [0.1, 0.15) is 11.1 Å². The van der Waals surface area contributed by atoms with E-state index < -0.39 is 0 Å². The Morgan fingerprint density at radius 1 is 1.32 bits per heavy atom. The first kappa shape index (κ1) is 14.6. The summed E-state index contributed by atoms with van der Waals surface area (Å²) in [5, 5.41) is 0.841. The monoisotopic (exact) mass is 313 g/mol. The summed E-state index contributed by atoms with van der Waals surface area (Å²) in [4.78, 5) is 8.77. The average Bonchev–Trinajstić information content (AvgIpc) is 2.94. The number of aromatic nitrogens is 3. The highest BCUT2D eigenvalue weighted by molar-refractivity contribution is 7.80. The van der Waals surface area contributed by atoms with Crippen molar-refractivity contribution in [2.24, 2.45) is 5.84 Å². The van der Waals surface area contributed by atoms with Crippen LogP contribution >= 0.6 is 12.2 Å². The lowest BCUT2D eigenvalue weighted by Gasteiger charge is -2.06. The molecule has 0 radical (unpaired) electrons. The van der Waals surface area contributed by atoms with E-state index in [2.05, 4.69) is 15.4 Å². The molecular formula is C15H15N5OS. The number of nitrogens with two attached hydrogens (primary N) is 1. The van der Waals surface area contributed by atoms with Gasteiger partial charge in [-0.2, -0.15) is 0 Å². The number of nitrogens with one attached hydrogen (secondary N) is 1. The molecule has 0 aliphatic rings. The van der Waals surface area contributed by atoms with Crippen LogP contribution in [-0.4, -0.2) is 19.5 Å². The molecule has 0 saturated carbocycles. The predicted molar refractivity (Wildman–Crippen MR) is 87.8 cm³/mol. The normalized spacial score (nSPS) is 10.8. The first-order valence-electron chi connectivity index (χ1n) is 6.71. The third-order valence-corrected chi connectivity index (χ3v) is 3.59. The van der Waals surface area contributed by atoms with Gasteiger partial charge in [-0.15, -0.1) is 0 Å². The van der Waals surface area contributed by atoms with Crippen LogP contribution < -0.4 is 11.3 Å². The molecule has 1 aromatic carbocycles. The van der Waals surface area contributed by atoms with E-state index in [9.17, 15) is 0 Å². The van der Waals surface area contributed by atoms with Gasteiger partial charge in [-0.3, -0.25) is 0 Å². The van der Waals surface area contributed by atoms with Crippen molar-refractivity contribution in [3.05, 3.63) is 60.2 Å². The number of ether oxygens (including phenoxy) is 1. The third-order valence-electron chi connectivity index (χ3n) is 3.26. The Balaban J connectivity index is 1.80. The van der Waals surface area contributed by atoms with E-state index in [4.69, 9.17) is 22.8 Å². The maximum atomic E-state index is 5.75. The van der Waals surface area contributed by atoms with Gasteiger partial charge in [-0.05, 0) is 5.56 Å². The highest BCUT2D eigenvalue weighted by Crippen LogP contribution is 2.19. The Hall–Kier alpha value is -2.35. The Morgan fingerprint density at radius 3 is 2.91 bits per heavy atom. The topological polar surface area (TPSA) is 78.0 Å². The maximum absolute atomic E-state index is 5.75. The molecule has 3 aromatic rings. The summed E-state index contributed by atoms with van der Waals surface area (Å²) < 4.78 is 7.64. The van der Waals surface area contributed by atoms with E-state index in [-0.39, 0.29) is 0 Å². The van der Waals surface area contributed by atoms with Crippen LogP contribution in [0.4, 0.5) is 0 Å². The average molecular weight is 313 g/mol. The minimum absolute atomic E-state index is 0.371. The van der Waals surface area contributed by atoms with Crippen LogP contribution in [0, 0.1) is 0 Å². The molecule has 3 rings (SSSR count). The van der Waals surface area contributed by atoms with Gasteiger partial charge < -0.3 is 14.7 Å². The molecule has 112 valence electrons. The van der Waals surface area contributed by atoms with Crippen molar-refractivity contribution in [3.8, 4) is 0 Å². The molecule has 7 heteroatoms. The van der Waals surface area contributed by atoms with Gasteiger partial charge in [0, 0.05) is 23.3 Å². The van der Waals surface area contributed by atoms with Gasteiger partial charge in [0.1, 0.15) is 23.7 Å². The molecule has 0 bridgehead atoms. The van der Waals surface area contributed by atoms with E-state index in [1.54, 1.807) is 6.20 Å². The number of nitrogens with zero attached hydrogens (tertiary/aromatic N) is 3. The Kier molecular flexibility index (Phi) is 4.38. The van der Waals surface area contributed by atoms with Gasteiger partial charge in [0.15, 0.2) is 0 Å². The highest BCUT2D eigenvalue weighted by Gasteiger charge is 2.12. The maximum Gasteiger partial charge on any atom is 0.145 e. The summed E-state index contributed by atoms with van der Waals surface area (Å²) in [6, 6.07) is 10.00. The van der Waals surface area contributed by atoms with Crippen LogP contribution in [0.3, 0.4) is 0 Å². The van der Waals surface area contributed by atoms with Crippen molar-refractivity contribution < 1.29 is 4.74 Å². The molecule has 0 unspecified atom stereocenters. The second kappa shape index (κ2) is 6.61. The van der Waals surface area contributed by atoms with Gasteiger partial charge in [-0.1, -0.05) is 42.5 Å². The van der Waals surface area contributed by atoms with E-state index in [0.29, 0.717) is 18.3 Å². The van der Waals surface area contributed by atoms with Crippen molar-refractivity contribution in [2.75, 3.05) is 0 Å². The number of hydrazine groups is 1. The van der Waals surface area contributed by atoms with Crippen LogP contribution in [0.5, 0.6) is 0 Å². The van der Waals surface area contributed by atoms with Crippen LogP contribution in [-0.2, 0) is 18.1 Å². The molecule has 3 N–H and O–H groups in total. The van der Waals surface area contributed by atoms with Crippen LogP contribution in [0.2, 0.25) is 0 Å². The summed E-state index contributed by atoms with van der Waals surface area (Å²) in [5.74, 6) is 5.41. The molecule has 0 fully saturated rings. The molecule has 0 atom stereocenters. The van der Waals surface area contributed by atoms with Gasteiger partial charge in [0.2, 0.25) is 0 Å². The third kappa shape index (κ3) is 2.96. The van der Waals surface area contributed by atoms with Crippen molar-refractivity contribution in [1.82, 2.24) is 20.0 Å². The summed E-state index contributed by atoms with van der Waals surface area (Å²) in [5.41, 5.74) is 5.16. The quantitative estimate of drug-likeness (QED) is 0.424. The van der Waals surface area contributed by atoms with Crippen LogP contribution in [0.15, 0.2) is 49.1 Å². The molecule has 22 heavy (non-hydrogen) atoms. The van der Waals surface area contributed by atoms with Gasteiger partial charge in [-0.25, -0.2) is 15.8 Å². The van der Waals surface area contributed by atoms with Crippen molar-refractivity contribution >= 4 is 28.2 Å². The predicted octanol–water partition coefficient (Wildman–Crippen LogP) is 1.74. The number of hydrogen-bond acceptors (Lipinski definition) is 5. The lowest BCUT2D eigenvalue weighted by atomic mass is 10.2. The zero-order chi connectivity index (χ0) is 15.4. The summed E-state index contributed by atoms with van der Waals surface area (Å²) in [6.45, 7) is 0.899. The molecule has 0 saturated heterocycles. The molecule has 6 nitrogen and oxygen atoms in total. The number of thiocarbonyl (C=S) groups is 1. The second-order valence-electron chi connectivity index (χ2n) is 4.71. The number of fused-ring (bicyclic) bond motifs is 1. The number of benzene rings is 1. The lowest BCUT2D eigenvalue weighted by molar-refractivity contribution is 0.0664. The van der Waals surface area contributed by atoms with Gasteiger partial charge >= 0.3 is 0 Å². The molecule has 0 spiro atoms. The van der Waals surface area contributed by atoms with Gasteiger partial charge in [0.25, 0.3) is 0 Å². The summed E-state index contributed by atoms with van der Waals surface area (Å²) in [7, 11) is 0. The van der Waals surface area contributed by atoms with E-state index >= 15 is 0 Å². The molecule has 2 aromatic heterocycles. The summed E-state index contributed by atoms with van der Waals surface area (Å²) >= 11 is 5.21. The fraction of sp³-hybridized carbons (Fsp3) is 0.133. The Labute approximate surface area is 132 Å². The minimum Gasteiger partial charge on any atom is -0.356 e. The van der Waals surface area contributed by atoms with E-state index in [0.717, 1.165) is 22.2 Å². The van der Waals surface area contributed by atoms with Crippen molar-refractivity contribution in [2.45, 2.75) is 13.3 Å². The fourth-order valence-electron chi connectivity index (χ4n) is 2.22. The summed E-state index contributed by atoms with van der Waals surface area (Å²) in [6.07, 6.45) is 5.08. The van der Waals surface area contributed by atoms with Crippen LogP contribution in [0.25, 0.3) is 11.0 Å². The first-order valence-corrected chi connectivity index (χ1v) is 7.12. The standard InChI is InChI=1S/C15H15N5OS/c16-19-15(22)13-7-20(14-12(13)6-17-9-18-14)10-21-8-11-4-2-1-3-5-11/h1-7,9H,8,10,16H2,(H,19,22). The van der Waals surface area contributed by atoms with Gasteiger partial charge in [0.05, 0.1) is 6.61 Å². The Bertz CT molecular complexity index is 787. The van der Waals surface area contributed by atoms with Crippen molar-refractivity contribution in [3.63, 3.8) is 0 Å². The van der Waals surface area contributed by atoms with E-state index in [1.165, 1.54) is 6.33 Å². The SMILES string of the molecule is NNC(=S)c1cn(COCc2ccccc2)c2ncncc12. The van der Waals surface area contributed by atoms with Crippen molar-refractivity contribution in [1.29, 1.82) is 0 Å². The second-order valence-corrected chi connectivity index (χ2v) is 5.12. The molecule has 0 amide bonds. The lowest BCUT2D eigenvalue weighted by Crippen LogP contribution is -2.28. The molecular weight excluding hydrogens is 298 g/mol. The highest BCUT2D eigenvalue weighted by atomic mass is 32.1. The Morgan fingerprint density at radius 2 is 2.14 bits per heavy atom. The zero-order valence-corrected chi connectivity index (χ0v) is 12.6. The fourth-order valence-corrected chi connectivity index (χ4v) is 2.38. The minimum atomic E-state index is 0.371. The largest absolute Gasteiger partial charge is 0.356 e. The number of rotatable bonds is 5. The molecule has 0 aliphatic heterocycles.